The molecule has 212 valence electrons. The zero-order valence-corrected chi connectivity index (χ0v) is 24.4. The molecule has 0 radical (unpaired) electrons. The van der Waals surface area contributed by atoms with Crippen LogP contribution in [-0.4, -0.2) is 0 Å². The van der Waals surface area contributed by atoms with Crippen molar-refractivity contribution in [1.29, 1.82) is 0 Å². The van der Waals surface area contributed by atoms with Gasteiger partial charge in [0.15, 0.2) is 5.58 Å². The van der Waals surface area contributed by atoms with Crippen molar-refractivity contribution in [2.24, 2.45) is 0 Å². The molecule has 0 saturated carbocycles. The minimum Gasteiger partial charge on any atom is -0.455 e. The molecule has 0 amide bonds. The Morgan fingerprint density at radius 1 is 0.356 bits per heavy atom. The van der Waals surface area contributed by atoms with Crippen LogP contribution in [0.1, 0.15) is 0 Å². The van der Waals surface area contributed by atoms with Gasteiger partial charge in [-0.1, -0.05) is 121 Å². The number of para-hydroxylation sites is 3. The van der Waals surface area contributed by atoms with Crippen molar-refractivity contribution in [3.05, 3.63) is 164 Å². The Hall–Kier alpha value is -6.06. The van der Waals surface area contributed by atoms with E-state index in [0.717, 1.165) is 72.1 Å². The van der Waals surface area contributed by atoms with Gasteiger partial charge in [-0.05, 0) is 59.2 Å². The summed E-state index contributed by atoms with van der Waals surface area (Å²) in [4.78, 5) is 2.31. The van der Waals surface area contributed by atoms with Crippen LogP contribution < -0.4 is 4.90 Å². The van der Waals surface area contributed by atoms with E-state index in [1.165, 1.54) is 11.1 Å². The van der Waals surface area contributed by atoms with Crippen LogP contribution in [0.25, 0.3) is 66.1 Å². The first-order chi connectivity index (χ1) is 22.3. The minimum absolute atomic E-state index is 0.851. The summed E-state index contributed by atoms with van der Waals surface area (Å²) in [6.07, 6.45) is 0. The van der Waals surface area contributed by atoms with Gasteiger partial charge in [-0.3, -0.25) is 0 Å². The van der Waals surface area contributed by atoms with E-state index in [2.05, 4.69) is 132 Å². The molecule has 45 heavy (non-hydrogen) atoms. The maximum atomic E-state index is 6.60. The quantitative estimate of drug-likeness (QED) is 0.204. The summed E-state index contributed by atoms with van der Waals surface area (Å²) in [5, 5.41) is 4.36. The van der Waals surface area contributed by atoms with Crippen LogP contribution in [0.2, 0.25) is 0 Å². The average Bonchev–Trinajstić information content (AvgIpc) is 3.68. The fourth-order valence-electron chi connectivity index (χ4n) is 6.54. The number of fused-ring (bicyclic) bond motifs is 6. The highest BCUT2D eigenvalue weighted by Crippen LogP contribution is 2.46. The van der Waals surface area contributed by atoms with E-state index in [-0.39, 0.29) is 0 Å². The Morgan fingerprint density at radius 2 is 0.911 bits per heavy atom. The molecule has 3 nitrogen and oxygen atoms in total. The molecule has 2 aromatic heterocycles. The second kappa shape index (κ2) is 10.3. The van der Waals surface area contributed by atoms with Gasteiger partial charge in [0.05, 0.1) is 5.69 Å². The molecule has 0 bridgehead atoms. The fourth-order valence-corrected chi connectivity index (χ4v) is 6.54. The van der Waals surface area contributed by atoms with E-state index in [9.17, 15) is 0 Å². The number of furan rings is 2. The highest BCUT2D eigenvalue weighted by Gasteiger charge is 2.22. The highest BCUT2D eigenvalue weighted by molar-refractivity contribution is 6.13. The van der Waals surface area contributed by atoms with Crippen LogP contribution in [0, 0.1) is 0 Å². The Bertz CT molecular complexity index is 2470. The van der Waals surface area contributed by atoms with Gasteiger partial charge in [-0.15, -0.1) is 0 Å². The van der Waals surface area contributed by atoms with Gasteiger partial charge < -0.3 is 13.7 Å². The first kappa shape index (κ1) is 25.4. The molecule has 0 aliphatic rings. The van der Waals surface area contributed by atoms with Gasteiger partial charge >= 0.3 is 0 Å². The van der Waals surface area contributed by atoms with Crippen molar-refractivity contribution >= 4 is 60.9 Å². The summed E-state index contributed by atoms with van der Waals surface area (Å²) in [5.41, 5.74) is 11.0. The molecular formula is C42H27NO2. The summed E-state index contributed by atoms with van der Waals surface area (Å²) >= 11 is 0. The van der Waals surface area contributed by atoms with Crippen molar-refractivity contribution < 1.29 is 8.83 Å². The molecule has 9 rings (SSSR count). The molecule has 0 saturated heterocycles. The van der Waals surface area contributed by atoms with Gasteiger partial charge in [0.2, 0.25) is 0 Å². The van der Waals surface area contributed by atoms with Crippen LogP contribution >= 0.6 is 0 Å². The molecule has 0 unspecified atom stereocenters. The molecule has 2 heterocycles. The largest absolute Gasteiger partial charge is 0.455 e. The van der Waals surface area contributed by atoms with E-state index in [1.807, 2.05) is 36.4 Å². The van der Waals surface area contributed by atoms with Crippen molar-refractivity contribution in [2.75, 3.05) is 4.90 Å². The maximum absolute atomic E-state index is 6.60. The van der Waals surface area contributed by atoms with Crippen LogP contribution in [-0.2, 0) is 0 Å². The smallest absolute Gasteiger partial charge is 0.159 e. The van der Waals surface area contributed by atoms with E-state index < -0.39 is 0 Å². The van der Waals surface area contributed by atoms with Crippen molar-refractivity contribution in [3.63, 3.8) is 0 Å². The minimum atomic E-state index is 0.851. The normalized spacial score (nSPS) is 11.6. The summed E-state index contributed by atoms with van der Waals surface area (Å²) in [5.74, 6) is 0. The Balaban J connectivity index is 1.34. The highest BCUT2D eigenvalue weighted by atomic mass is 16.3. The van der Waals surface area contributed by atoms with Crippen molar-refractivity contribution in [2.45, 2.75) is 0 Å². The number of rotatable bonds is 5. The number of anilines is 3. The number of hydrogen-bond acceptors (Lipinski definition) is 3. The average molecular weight is 578 g/mol. The second-order valence-electron chi connectivity index (χ2n) is 11.3. The van der Waals surface area contributed by atoms with Gasteiger partial charge in [0.1, 0.15) is 16.7 Å². The first-order valence-electron chi connectivity index (χ1n) is 15.2. The molecule has 0 aliphatic heterocycles. The number of nitrogens with zero attached hydrogens (tertiary/aromatic N) is 1. The van der Waals surface area contributed by atoms with Gasteiger partial charge in [0, 0.05) is 38.5 Å². The molecule has 7 aromatic carbocycles. The molecule has 0 fully saturated rings. The SMILES string of the molecule is c1ccc(-c2ccc(N(c3cc(-c4ccccc4)c4oc5ccccc5c4c3)c3cccc4c3oc3ccccc34)cc2)cc1. The van der Waals surface area contributed by atoms with Crippen LogP contribution in [0.3, 0.4) is 0 Å². The Labute approximate surface area is 260 Å². The summed E-state index contributed by atoms with van der Waals surface area (Å²) in [7, 11) is 0. The molecule has 0 N–H and O–H groups in total. The molecule has 0 aliphatic carbocycles. The lowest BCUT2D eigenvalue weighted by molar-refractivity contribution is 0.669. The number of hydrogen-bond donors (Lipinski definition) is 0. The van der Waals surface area contributed by atoms with E-state index in [1.54, 1.807) is 0 Å². The van der Waals surface area contributed by atoms with Crippen molar-refractivity contribution in [1.82, 2.24) is 0 Å². The zero-order valence-electron chi connectivity index (χ0n) is 24.4. The predicted octanol–water partition coefficient (Wildman–Crippen LogP) is 12.3. The summed E-state index contributed by atoms with van der Waals surface area (Å²) in [6, 6.07) is 57.2. The molecule has 0 spiro atoms. The summed E-state index contributed by atoms with van der Waals surface area (Å²) in [6.45, 7) is 0. The van der Waals surface area contributed by atoms with Gasteiger partial charge in [-0.25, -0.2) is 0 Å². The molecule has 0 atom stereocenters. The van der Waals surface area contributed by atoms with Crippen molar-refractivity contribution in [3.8, 4) is 22.3 Å². The molecule has 9 aromatic rings. The monoisotopic (exact) mass is 577 g/mol. The second-order valence-corrected chi connectivity index (χ2v) is 11.3. The van der Waals surface area contributed by atoms with Gasteiger partial charge in [0.25, 0.3) is 0 Å². The third kappa shape index (κ3) is 4.21. The van der Waals surface area contributed by atoms with Crippen LogP contribution in [0.4, 0.5) is 17.1 Å². The topological polar surface area (TPSA) is 29.5 Å². The first-order valence-corrected chi connectivity index (χ1v) is 15.2. The zero-order chi connectivity index (χ0) is 29.7. The fraction of sp³-hybridized carbons (Fsp3) is 0. The third-order valence-corrected chi connectivity index (χ3v) is 8.66. The standard InChI is InChI=1S/C42H27NO2/c1-3-12-28(13-4-1)29-22-24-31(25-23-29)43(38-19-11-18-35-33-16-7-9-20-39(33)45-42(35)38)32-26-36(30-14-5-2-6-15-30)41-37(27-32)34-17-8-10-21-40(34)44-41/h1-27H. The lowest BCUT2D eigenvalue weighted by Gasteiger charge is -2.26. The lowest BCUT2D eigenvalue weighted by Crippen LogP contribution is -2.10. The van der Waals surface area contributed by atoms with E-state index in [0.29, 0.717) is 0 Å². The third-order valence-electron chi connectivity index (χ3n) is 8.66. The van der Waals surface area contributed by atoms with E-state index in [4.69, 9.17) is 8.83 Å². The molecule has 3 heteroatoms. The van der Waals surface area contributed by atoms with Gasteiger partial charge in [-0.2, -0.15) is 0 Å². The van der Waals surface area contributed by atoms with E-state index >= 15 is 0 Å². The predicted molar refractivity (Wildman–Crippen MR) is 187 cm³/mol. The van der Waals surface area contributed by atoms with Crippen LogP contribution in [0.15, 0.2) is 173 Å². The Morgan fingerprint density at radius 3 is 1.62 bits per heavy atom. The van der Waals surface area contributed by atoms with Crippen LogP contribution in [0.5, 0.6) is 0 Å². The summed E-state index contributed by atoms with van der Waals surface area (Å²) < 4.78 is 13.1. The number of benzene rings is 7. The Kier molecular flexibility index (Phi) is 5.82. The maximum Gasteiger partial charge on any atom is 0.159 e. The molecular weight excluding hydrogens is 550 g/mol. The lowest BCUT2D eigenvalue weighted by atomic mass is 10.00.